The first kappa shape index (κ1) is 33.9. The van der Waals surface area contributed by atoms with Gasteiger partial charge in [0, 0.05) is 17.9 Å². The second-order valence-corrected chi connectivity index (χ2v) is 25.5. The van der Waals surface area contributed by atoms with Gasteiger partial charge in [-0.3, -0.25) is 9.59 Å². The Balaban J connectivity index is 1.45. The van der Waals surface area contributed by atoms with E-state index in [0.717, 1.165) is 10.6 Å². The van der Waals surface area contributed by atoms with Gasteiger partial charge in [0.1, 0.15) is 35.5 Å². The van der Waals surface area contributed by atoms with Crippen LogP contribution in [0.25, 0.3) is 0 Å². The van der Waals surface area contributed by atoms with Crippen LogP contribution in [-0.2, 0) is 31.1 Å². The number of aromatic hydroxyl groups is 1. The Morgan fingerprint density at radius 1 is 1.00 bits per heavy atom. The summed E-state index contributed by atoms with van der Waals surface area (Å²) >= 11 is 9.32. The third-order valence-corrected chi connectivity index (χ3v) is 30.6. The van der Waals surface area contributed by atoms with E-state index < -0.39 is 57.9 Å². The fourth-order valence-electron chi connectivity index (χ4n) is 3.63. The number of carbonyl (C=O) groups excluding carboxylic acids is 3. The molecule has 1 heterocycles. The van der Waals surface area contributed by atoms with Gasteiger partial charge in [-0.2, -0.15) is 0 Å². The molecule has 0 aliphatic carbocycles. The van der Waals surface area contributed by atoms with Crippen molar-refractivity contribution in [3.8, 4) is 17.2 Å². The van der Waals surface area contributed by atoms with Crippen LogP contribution < -0.4 is 25.4 Å². The maximum Gasteiger partial charge on any atom is 0.347 e. The number of phenols is 1. The first-order valence-corrected chi connectivity index (χ1v) is 20.6. The molecule has 0 radical (unpaired) electrons. The van der Waals surface area contributed by atoms with Gasteiger partial charge in [-0.05, 0) is 72.0 Å². The lowest BCUT2D eigenvalue weighted by Crippen LogP contribution is -2.29. The van der Waals surface area contributed by atoms with Crippen LogP contribution in [0.3, 0.4) is 0 Å². The van der Waals surface area contributed by atoms with Gasteiger partial charge < -0.3 is 29.6 Å². The van der Waals surface area contributed by atoms with Gasteiger partial charge >= 0.3 is 11.9 Å². The second-order valence-electron chi connectivity index (χ2n) is 8.86. The molecule has 15 nitrogen and oxygen atoms in total. The molecule has 4 rings (SSSR count). The molecule has 3 aromatic rings. The van der Waals surface area contributed by atoms with Crippen molar-refractivity contribution in [3.05, 3.63) is 92.5 Å². The number of esters is 2. The van der Waals surface area contributed by atoms with Crippen LogP contribution in [0.1, 0.15) is 23.7 Å². The molecule has 1 unspecified atom stereocenters. The minimum atomic E-state index is -1.87. The maximum atomic E-state index is 13.2. The van der Waals surface area contributed by atoms with Crippen LogP contribution in [0.15, 0.2) is 66.7 Å². The molecule has 2 N–H and O–H groups in total. The predicted octanol–water partition coefficient (Wildman–Crippen LogP) is 4.70. The van der Waals surface area contributed by atoms with Crippen molar-refractivity contribution in [3.63, 3.8) is 0 Å². The van der Waals surface area contributed by atoms with Crippen molar-refractivity contribution < 1.29 is 48.8 Å². The van der Waals surface area contributed by atoms with Crippen LogP contribution in [0.5, 0.6) is 17.2 Å². The molecule has 1 atom stereocenters. The van der Waals surface area contributed by atoms with Gasteiger partial charge in [0.05, 0.1) is 17.2 Å². The van der Waals surface area contributed by atoms with Crippen molar-refractivity contribution in [1.82, 2.24) is 0 Å². The number of ether oxygens (including phenoxy) is 2. The summed E-state index contributed by atoms with van der Waals surface area (Å²) in [5.41, 5.74) is -0.0826. The fourth-order valence-corrected chi connectivity index (χ4v) is 29.6. The second kappa shape index (κ2) is 14.9. The Morgan fingerprint density at radius 3 is 2.27 bits per heavy atom. The highest BCUT2D eigenvalue weighted by Gasteiger charge is 2.40. The van der Waals surface area contributed by atoms with Gasteiger partial charge in [-0.15, -0.1) is 20.2 Å². The van der Waals surface area contributed by atoms with E-state index in [1.165, 1.54) is 25.1 Å². The minimum absolute atomic E-state index is 0.172. The number of anilines is 1. The summed E-state index contributed by atoms with van der Waals surface area (Å²) in [4.78, 5) is 66.8. The summed E-state index contributed by atoms with van der Waals surface area (Å²) in [7, 11) is 0. The molecule has 3 aromatic carbocycles. The van der Waals surface area contributed by atoms with Crippen LogP contribution in [0, 0.1) is 20.2 Å². The van der Waals surface area contributed by atoms with Crippen molar-refractivity contribution in [2.75, 3.05) is 11.9 Å². The Bertz CT molecular complexity index is 1670. The molecule has 1 aliphatic rings. The summed E-state index contributed by atoms with van der Waals surface area (Å²) in [6, 6.07) is 17.4. The van der Waals surface area contributed by atoms with Gasteiger partial charge in [0.15, 0.2) is 0 Å². The van der Waals surface area contributed by atoms with E-state index in [1.54, 1.807) is 58.4 Å². The van der Waals surface area contributed by atoms with E-state index in [0.29, 0.717) is 0 Å². The van der Waals surface area contributed by atoms with E-state index in [2.05, 4.69) is 15.0 Å². The molecule has 0 bridgehead atoms. The van der Waals surface area contributed by atoms with Crippen molar-refractivity contribution in [1.29, 1.82) is 0 Å². The number of hydrogen-bond donors (Lipinski definition) is 2. The number of phenolic OH excluding ortho intramolecular Hbond substituents is 1. The molecule has 0 spiro atoms. The summed E-state index contributed by atoms with van der Waals surface area (Å²) in [5, 5.41) is 32.8. The number of amides is 1. The minimum Gasteiger partial charge on any atom is -0.508 e. The van der Waals surface area contributed by atoms with E-state index >= 15 is 0 Å². The fraction of sp³-hybridized carbons (Fsp3) is 0.160. The molecule has 0 aromatic heterocycles. The molecule has 20 heteroatoms. The number of nitrogens with zero attached hydrogens (tertiary/aromatic N) is 2. The zero-order valence-corrected chi connectivity index (χ0v) is 27.0. The average molecular weight is 714 g/mol. The first-order valence-electron chi connectivity index (χ1n) is 12.4. The Kier molecular flexibility index (Phi) is 11.2. The summed E-state index contributed by atoms with van der Waals surface area (Å²) in [6.07, 6.45) is -3.17. The van der Waals surface area contributed by atoms with Crippen LogP contribution in [0.4, 0.5) is 5.69 Å². The highest BCUT2D eigenvalue weighted by molar-refractivity contribution is 9.43. The molecule has 1 amide bonds. The molecule has 1 saturated heterocycles. The van der Waals surface area contributed by atoms with Crippen LogP contribution in [0.2, 0.25) is 0 Å². The quantitative estimate of drug-likeness (QED) is 0.0809. The number of rotatable bonds is 13. The number of nitrogens with one attached hydrogen (secondary N) is 1. The highest BCUT2D eigenvalue weighted by Crippen LogP contribution is 2.99. The smallest absolute Gasteiger partial charge is 0.347 e. The third-order valence-electron chi connectivity index (χ3n) is 5.53. The average Bonchev–Trinajstić information content (AvgIpc) is 2.95. The van der Waals surface area contributed by atoms with E-state index in [-0.39, 0.29) is 28.5 Å². The molecular weight excluding hydrogens is 692 g/mol. The van der Waals surface area contributed by atoms with Gasteiger partial charge in [-0.1, -0.05) is 33.8 Å². The van der Waals surface area contributed by atoms with E-state index in [9.17, 15) is 39.7 Å². The van der Waals surface area contributed by atoms with Crippen molar-refractivity contribution in [2.24, 2.45) is 0 Å². The standard InChI is InChI=1S/C25H21N3O12P2S3/c1-15(29)26-16-2-11-23(39-24(31)13-19(40-28(35)36)14-37-27(33)34)22(12-16)25(32)38-18-5-7-20(8-6-18)41-44-42(43,45-41)21-9-3-17(30)4-10-21/h2-12,19,30H,13-14H2,1H3,(H,26,29). The van der Waals surface area contributed by atoms with Crippen LogP contribution in [-0.4, -0.2) is 45.8 Å². The van der Waals surface area contributed by atoms with Crippen molar-refractivity contribution in [2.45, 2.75) is 19.4 Å². The normalized spacial score (nSPS) is 17.6. The van der Waals surface area contributed by atoms with Crippen molar-refractivity contribution >= 4 is 78.7 Å². The monoisotopic (exact) mass is 713 g/mol. The molecule has 0 saturated carbocycles. The lowest BCUT2D eigenvalue weighted by molar-refractivity contribution is -0.789. The molecule has 1 aliphatic heterocycles. The largest absolute Gasteiger partial charge is 0.508 e. The summed E-state index contributed by atoms with van der Waals surface area (Å²) in [6.45, 7) is 0.319. The summed E-state index contributed by atoms with van der Waals surface area (Å²) in [5.74, 6) is -2.49. The zero-order valence-electron chi connectivity index (χ0n) is 22.8. The first-order chi connectivity index (χ1) is 21.3. The summed E-state index contributed by atoms with van der Waals surface area (Å²) < 4.78 is 8.84. The maximum absolute atomic E-state index is 13.2. The zero-order chi connectivity index (χ0) is 32.7. The Morgan fingerprint density at radius 2 is 1.67 bits per heavy atom. The number of carbonyl (C=O) groups is 3. The van der Waals surface area contributed by atoms with Crippen LogP contribution >= 0.6 is 32.8 Å². The molecule has 1 fully saturated rings. The van der Waals surface area contributed by atoms with Gasteiger partial charge in [0.2, 0.25) is 5.91 Å². The predicted molar refractivity (Wildman–Crippen MR) is 171 cm³/mol. The third kappa shape index (κ3) is 9.52. The van der Waals surface area contributed by atoms with E-state index in [4.69, 9.17) is 21.3 Å². The van der Waals surface area contributed by atoms with Gasteiger partial charge in [0.25, 0.3) is 10.2 Å². The Labute approximate surface area is 267 Å². The molecular formula is C25H21N3O12P2S3. The lowest BCUT2D eigenvalue weighted by Gasteiger charge is -2.37. The lowest BCUT2D eigenvalue weighted by atomic mass is 10.1. The Hall–Kier alpha value is -3.95. The topological polar surface area (TPSA) is 207 Å². The SMILES string of the molecule is CC(=O)Nc1ccc(OC(=O)CC(CO[N+](=O)[O-])O[N+](=O)[O-])c(C(=O)Oc2ccc(P3SP(=S)(c4ccc(O)cc4)S3)cc2)c1. The van der Waals surface area contributed by atoms with Gasteiger partial charge in [-0.25, -0.2) is 4.79 Å². The number of benzene rings is 3. The van der Waals surface area contributed by atoms with E-state index in [1.807, 2.05) is 12.1 Å². The number of hydrogen-bond acceptors (Lipinski definition) is 15. The molecule has 236 valence electrons. The highest BCUT2D eigenvalue weighted by atomic mass is 33.7. The molecule has 45 heavy (non-hydrogen) atoms.